The SMILES string of the molecule is C=C(C)/N=C(/N)c1ncn(CCCCOC(=O)NCc2ccc3nccn3c2)c1C. The standard InChI is InChI=1S/C21H27N7O2/c1-15(2)26-20(22)19-16(3)28(14-25-19)9-4-5-11-30-21(29)24-12-17-6-7-18-23-8-10-27(18)13-17/h6-8,10,13-14H,1,4-5,9,11-12H2,2-3H3,(H2,22,26)(H,24,29). The van der Waals surface area contributed by atoms with Crippen molar-refractivity contribution in [3.05, 3.63) is 66.3 Å². The summed E-state index contributed by atoms with van der Waals surface area (Å²) in [4.78, 5) is 24.6. The highest BCUT2D eigenvalue weighted by molar-refractivity contribution is 5.97. The number of hydrogen-bond donors (Lipinski definition) is 2. The van der Waals surface area contributed by atoms with Crippen LogP contribution < -0.4 is 11.1 Å². The number of carbonyl (C=O) groups is 1. The number of amidine groups is 1. The Kier molecular flexibility index (Phi) is 6.84. The molecule has 0 aliphatic heterocycles. The highest BCUT2D eigenvalue weighted by Crippen LogP contribution is 2.09. The lowest BCUT2D eigenvalue weighted by atomic mass is 10.3. The molecule has 0 saturated heterocycles. The fourth-order valence-corrected chi connectivity index (χ4v) is 3.02. The molecule has 0 atom stereocenters. The summed E-state index contributed by atoms with van der Waals surface area (Å²) in [6.45, 7) is 8.98. The smallest absolute Gasteiger partial charge is 0.407 e. The van der Waals surface area contributed by atoms with E-state index in [9.17, 15) is 4.79 Å². The van der Waals surface area contributed by atoms with Crippen LogP contribution in [0.1, 0.15) is 36.7 Å². The minimum Gasteiger partial charge on any atom is -0.450 e. The van der Waals surface area contributed by atoms with Crippen molar-refractivity contribution in [2.45, 2.75) is 39.8 Å². The van der Waals surface area contributed by atoms with Crippen LogP contribution in [0, 0.1) is 6.92 Å². The van der Waals surface area contributed by atoms with E-state index in [-0.39, 0.29) is 0 Å². The van der Waals surface area contributed by atoms with Crippen LogP contribution in [0.25, 0.3) is 5.65 Å². The quantitative estimate of drug-likeness (QED) is 0.321. The van der Waals surface area contributed by atoms with Crippen LogP contribution in [0.4, 0.5) is 4.79 Å². The molecular weight excluding hydrogens is 382 g/mol. The first-order valence-corrected chi connectivity index (χ1v) is 9.78. The number of rotatable bonds is 9. The fourth-order valence-electron chi connectivity index (χ4n) is 3.02. The summed E-state index contributed by atoms with van der Waals surface area (Å²) in [7, 11) is 0. The predicted molar refractivity (Wildman–Crippen MR) is 115 cm³/mol. The Bertz CT molecular complexity index is 1060. The van der Waals surface area contributed by atoms with Crippen LogP contribution in [0.15, 0.2) is 54.3 Å². The molecule has 3 N–H and O–H groups in total. The van der Waals surface area contributed by atoms with E-state index in [1.165, 1.54) is 0 Å². The zero-order chi connectivity index (χ0) is 21.5. The number of aromatic nitrogens is 4. The Morgan fingerprint density at radius 3 is 2.97 bits per heavy atom. The van der Waals surface area contributed by atoms with Crippen LogP contribution in [0.5, 0.6) is 0 Å². The number of unbranched alkanes of at least 4 members (excludes halogenated alkanes) is 1. The molecule has 1 amide bonds. The Morgan fingerprint density at radius 1 is 1.33 bits per heavy atom. The third kappa shape index (κ3) is 5.47. The van der Waals surface area contributed by atoms with Gasteiger partial charge in [0.25, 0.3) is 0 Å². The first-order chi connectivity index (χ1) is 14.4. The second kappa shape index (κ2) is 9.73. The number of fused-ring (bicyclic) bond motifs is 1. The Morgan fingerprint density at radius 2 is 2.17 bits per heavy atom. The monoisotopic (exact) mass is 409 g/mol. The van der Waals surface area contributed by atoms with Gasteiger partial charge in [-0.2, -0.15) is 0 Å². The fraction of sp³-hybridized carbons (Fsp3) is 0.333. The summed E-state index contributed by atoms with van der Waals surface area (Å²) in [6, 6.07) is 3.84. The largest absolute Gasteiger partial charge is 0.450 e. The van der Waals surface area contributed by atoms with E-state index in [1.807, 2.05) is 40.4 Å². The molecule has 0 unspecified atom stereocenters. The molecule has 30 heavy (non-hydrogen) atoms. The lowest BCUT2D eigenvalue weighted by Crippen LogP contribution is -2.24. The molecule has 9 heteroatoms. The number of alkyl carbamates (subject to hydrolysis) is 1. The average molecular weight is 409 g/mol. The maximum Gasteiger partial charge on any atom is 0.407 e. The molecule has 3 heterocycles. The number of aliphatic imine (C=N–C) groups is 1. The predicted octanol–water partition coefficient (Wildman–Crippen LogP) is 2.78. The molecule has 0 bridgehead atoms. The maximum atomic E-state index is 11.9. The zero-order valence-electron chi connectivity index (χ0n) is 17.3. The molecule has 9 nitrogen and oxygen atoms in total. The van der Waals surface area contributed by atoms with Crippen molar-refractivity contribution in [3.8, 4) is 0 Å². The minimum atomic E-state index is -0.425. The molecule has 0 aliphatic carbocycles. The molecule has 3 aromatic heterocycles. The number of ether oxygens (including phenoxy) is 1. The van der Waals surface area contributed by atoms with Gasteiger partial charge >= 0.3 is 6.09 Å². The van der Waals surface area contributed by atoms with Gasteiger partial charge in [0.1, 0.15) is 11.3 Å². The number of nitrogens with one attached hydrogen (secondary N) is 1. The molecule has 3 rings (SSSR count). The molecule has 0 aromatic carbocycles. The lowest BCUT2D eigenvalue weighted by molar-refractivity contribution is 0.143. The Balaban J connectivity index is 1.36. The molecule has 0 fully saturated rings. The van der Waals surface area contributed by atoms with Gasteiger partial charge in [-0.15, -0.1) is 0 Å². The second-order valence-electron chi connectivity index (χ2n) is 7.03. The molecule has 0 saturated carbocycles. The first-order valence-electron chi connectivity index (χ1n) is 9.78. The van der Waals surface area contributed by atoms with Gasteiger partial charge in [-0.25, -0.2) is 19.8 Å². The summed E-state index contributed by atoms with van der Waals surface area (Å²) >= 11 is 0. The van der Waals surface area contributed by atoms with E-state index >= 15 is 0 Å². The van der Waals surface area contributed by atoms with Crippen molar-refractivity contribution in [1.29, 1.82) is 0 Å². The third-order valence-electron chi connectivity index (χ3n) is 4.57. The highest BCUT2D eigenvalue weighted by atomic mass is 16.5. The van der Waals surface area contributed by atoms with E-state index in [4.69, 9.17) is 10.5 Å². The average Bonchev–Trinajstić information content (AvgIpc) is 3.31. The zero-order valence-corrected chi connectivity index (χ0v) is 17.3. The van der Waals surface area contributed by atoms with Gasteiger partial charge in [-0.05, 0) is 38.3 Å². The molecule has 0 spiro atoms. The summed E-state index contributed by atoms with van der Waals surface area (Å²) < 4.78 is 9.17. The van der Waals surface area contributed by atoms with Crippen molar-refractivity contribution >= 4 is 17.6 Å². The Hall–Kier alpha value is -3.62. The minimum absolute atomic E-state index is 0.353. The van der Waals surface area contributed by atoms with Crippen LogP contribution in [-0.4, -0.2) is 37.5 Å². The van der Waals surface area contributed by atoms with E-state index < -0.39 is 6.09 Å². The third-order valence-corrected chi connectivity index (χ3v) is 4.57. The summed E-state index contributed by atoms with van der Waals surface area (Å²) in [5.74, 6) is 0.367. The number of imidazole rings is 2. The van der Waals surface area contributed by atoms with E-state index in [1.54, 1.807) is 19.4 Å². The molecule has 3 aromatic rings. The number of amides is 1. The number of hydrogen-bond acceptors (Lipinski definition) is 5. The van der Waals surface area contributed by atoms with Crippen molar-refractivity contribution < 1.29 is 9.53 Å². The van der Waals surface area contributed by atoms with E-state index in [0.29, 0.717) is 30.4 Å². The van der Waals surface area contributed by atoms with Gasteiger partial charge in [-0.1, -0.05) is 12.6 Å². The lowest BCUT2D eigenvalue weighted by Gasteiger charge is -2.09. The van der Waals surface area contributed by atoms with Gasteiger partial charge in [-0.3, -0.25) is 0 Å². The summed E-state index contributed by atoms with van der Waals surface area (Å²) in [5.41, 5.74) is 10.1. The topological polar surface area (TPSA) is 112 Å². The number of nitrogens with two attached hydrogens (primary N) is 1. The number of allylic oxidation sites excluding steroid dienone is 1. The van der Waals surface area contributed by atoms with Gasteiger partial charge in [0.2, 0.25) is 0 Å². The van der Waals surface area contributed by atoms with Crippen LogP contribution >= 0.6 is 0 Å². The maximum absolute atomic E-state index is 11.9. The highest BCUT2D eigenvalue weighted by Gasteiger charge is 2.10. The van der Waals surface area contributed by atoms with Gasteiger partial charge in [0, 0.05) is 43.1 Å². The van der Waals surface area contributed by atoms with Gasteiger partial charge in [0.15, 0.2) is 5.84 Å². The Labute approximate surface area is 175 Å². The number of pyridine rings is 1. The second-order valence-corrected chi connectivity index (χ2v) is 7.03. The normalized spacial score (nSPS) is 11.6. The summed E-state index contributed by atoms with van der Waals surface area (Å²) in [5, 5.41) is 2.76. The van der Waals surface area contributed by atoms with Crippen molar-refractivity contribution in [2.24, 2.45) is 10.7 Å². The number of carbonyl (C=O) groups excluding carboxylic acids is 1. The van der Waals surface area contributed by atoms with Gasteiger partial charge < -0.3 is 24.8 Å². The summed E-state index contributed by atoms with van der Waals surface area (Å²) in [6.07, 6.45) is 8.44. The first kappa shape index (κ1) is 21.1. The van der Waals surface area contributed by atoms with Crippen molar-refractivity contribution in [3.63, 3.8) is 0 Å². The van der Waals surface area contributed by atoms with E-state index in [2.05, 4.69) is 26.9 Å². The van der Waals surface area contributed by atoms with Crippen LogP contribution in [0.2, 0.25) is 0 Å². The van der Waals surface area contributed by atoms with E-state index in [0.717, 1.165) is 36.3 Å². The van der Waals surface area contributed by atoms with Crippen LogP contribution in [-0.2, 0) is 17.8 Å². The molecule has 158 valence electrons. The molecule has 0 aliphatic rings. The number of aryl methyl sites for hydroxylation is 1. The molecular formula is C21H27N7O2. The molecule has 0 radical (unpaired) electrons. The van der Waals surface area contributed by atoms with Crippen molar-refractivity contribution in [2.75, 3.05) is 6.61 Å². The number of nitrogens with zero attached hydrogens (tertiary/aromatic N) is 5. The van der Waals surface area contributed by atoms with Crippen LogP contribution in [0.3, 0.4) is 0 Å². The van der Waals surface area contributed by atoms with Crippen molar-refractivity contribution in [1.82, 2.24) is 24.3 Å². The van der Waals surface area contributed by atoms with Gasteiger partial charge in [0.05, 0.1) is 12.9 Å².